The van der Waals surface area contributed by atoms with E-state index in [2.05, 4.69) is 46.6 Å². The molecule has 2 rings (SSSR count). The van der Waals surface area contributed by atoms with Gasteiger partial charge in [-0.15, -0.1) is 24.0 Å². The number of benzene rings is 1. The normalized spacial score (nSPS) is 15.5. The van der Waals surface area contributed by atoms with Crippen molar-refractivity contribution in [3.8, 4) is 5.75 Å². The highest BCUT2D eigenvalue weighted by atomic mass is 127. The second kappa shape index (κ2) is 14.5. The van der Waals surface area contributed by atoms with Crippen molar-refractivity contribution in [3.63, 3.8) is 0 Å². The number of aliphatic imine (C=N–C) groups is 1. The molecule has 30 heavy (non-hydrogen) atoms. The summed E-state index contributed by atoms with van der Waals surface area (Å²) in [5.74, 6) is 1.49. The van der Waals surface area contributed by atoms with Gasteiger partial charge in [-0.25, -0.2) is 0 Å². The Kier molecular flexibility index (Phi) is 12.8. The largest absolute Gasteiger partial charge is 0.508 e. The van der Waals surface area contributed by atoms with Crippen LogP contribution in [-0.4, -0.2) is 67.2 Å². The van der Waals surface area contributed by atoms with E-state index in [1.54, 1.807) is 18.2 Å². The molecule has 0 aromatic heterocycles. The molecule has 4 N–H and O–H groups in total. The number of carbonyl (C=O) groups is 1. The van der Waals surface area contributed by atoms with E-state index < -0.39 is 0 Å². The van der Waals surface area contributed by atoms with Gasteiger partial charge in [0.25, 0.3) is 5.91 Å². The Hall–Kier alpha value is -1.55. The van der Waals surface area contributed by atoms with Crippen molar-refractivity contribution < 1.29 is 9.90 Å². The van der Waals surface area contributed by atoms with E-state index in [0.717, 1.165) is 44.9 Å². The first kappa shape index (κ1) is 26.5. The minimum Gasteiger partial charge on any atom is -0.508 e. The van der Waals surface area contributed by atoms with Crippen molar-refractivity contribution in [2.24, 2.45) is 10.9 Å². The zero-order chi connectivity index (χ0) is 21.1. The molecule has 1 amide bonds. The number of nitrogens with zero attached hydrogens (tertiary/aromatic N) is 2. The van der Waals surface area contributed by atoms with Crippen molar-refractivity contribution in [2.75, 3.05) is 39.3 Å². The van der Waals surface area contributed by atoms with Crippen LogP contribution in [0.15, 0.2) is 29.3 Å². The molecule has 1 heterocycles. The number of likely N-dealkylation sites (tertiary alicyclic amines) is 1. The van der Waals surface area contributed by atoms with E-state index in [4.69, 9.17) is 0 Å². The van der Waals surface area contributed by atoms with Gasteiger partial charge in [0.1, 0.15) is 5.75 Å². The lowest BCUT2D eigenvalue weighted by atomic mass is 10.0. The molecule has 0 bridgehead atoms. The van der Waals surface area contributed by atoms with E-state index in [1.807, 2.05) is 0 Å². The Bertz CT molecular complexity index is 661. The quantitative estimate of drug-likeness (QED) is 0.170. The third kappa shape index (κ3) is 9.97. The molecular weight excluding hydrogens is 493 g/mol. The molecule has 1 saturated heterocycles. The number of phenolic OH excluding ortho intramolecular Hbond substituents is 1. The highest BCUT2D eigenvalue weighted by molar-refractivity contribution is 14.0. The minimum absolute atomic E-state index is 0. The fraction of sp³-hybridized carbons (Fsp3) is 0.636. The summed E-state index contributed by atoms with van der Waals surface area (Å²) in [6.07, 6.45) is 3.03. The number of guanidine groups is 1. The number of piperidine rings is 1. The zero-order valence-electron chi connectivity index (χ0n) is 18.5. The predicted molar refractivity (Wildman–Crippen MR) is 134 cm³/mol. The van der Waals surface area contributed by atoms with Gasteiger partial charge in [-0.3, -0.25) is 9.79 Å². The number of aromatic hydroxyl groups is 1. The second-order valence-corrected chi connectivity index (χ2v) is 8.03. The summed E-state index contributed by atoms with van der Waals surface area (Å²) in [4.78, 5) is 19.3. The fourth-order valence-corrected chi connectivity index (χ4v) is 3.51. The van der Waals surface area contributed by atoms with Gasteiger partial charge >= 0.3 is 0 Å². The summed E-state index contributed by atoms with van der Waals surface area (Å²) in [5.41, 5.74) is 0.465. The zero-order valence-corrected chi connectivity index (χ0v) is 20.8. The van der Waals surface area contributed by atoms with Crippen LogP contribution in [0.3, 0.4) is 0 Å². The minimum atomic E-state index is -0.178. The number of nitrogens with one attached hydrogen (secondary N) is 3. The molecule has 0 unspecified atom stereocenters. The van der Waals surface area contributed by atoms with Crippen LogP contribution in [0.4, 0.5) is 0 Å². The monoisotopic (exact) mass is 531 g/mol. The first-order valence-corrected chi connectivity index (χ1v) is 10.8. The van der Waals surface area contributed by atoms with Crippen LogP contribution in [0.5, 0.6) is 5.75 Å². The molecule has 0 radical (unpaired) electrons. The van der Waals surface area contributed by atoms with E-state index in [9.17, 15) is 9.90 Å². The van der Waals surface area contributed by atoms with Gasteiger partial charge < -0.3 is 26.0 Å². The summed E-state index contributed by atoms with van der Waals surface area (Å²) in [6, 6.07) is 6.83. The third-order valence-electron chi connectivity index (χ3n) is 4.89. The number of hydrogen-bond acceptors (Lipinski definition) is 4. The summed E-state index contributed by atoms with van der Waals surface area (Å²) in [7, 11) is 0. The molecule has 0 atom stereocenters. The molecule has 1 aromatic carbocycles. The number of rotatable bonds is 9. The smallest absolute Gasteiger partial charge is 0.251 e. The van der Waals surface area contributed by atoms with Crippen molar-refractivity contribution in [1.82, 2.24) is 20.9 Å². The molecule has 0 aliphatic carbocycles. The number of halogens is 1. The van der Waals surface area contributed by atoms with Gasteiger partial charge in [0.05, 0.1) is 0 Å². The molecule has 170 valence electrons. The fourth-order valence-electron chi connectivity index (χ4n) is 3.51. The lowest BCUT2D eigenvalue weighted by Gasteiger charge is -2.34. The van der Waals surface area contributed by atoms with Crippen LogP contribution < -0.4 is 16.0 Å². The summed E-state index contributed by atoms with van der Waals surface area (Å²) in [6.45, 7) is 12.1. The average molecular weight is 531 g/mol. The molecule has 0 spiro atoms. The maximum atomic E-state index is 12.1. The number of carbonyl (C=O) groups excluding carboxylic acids is 1. The highest BCUT2D eigenvalue weighted by Gasteiger charge is 2.20. The van der Waals surface area contributed by atoms with Gasteiger partial charge in [-0.05, 0) is 50.3 Å². The summed E-state index contributed by atoms with van der Waals surface area (Å²) in [5, 5.41) is 19.2. The van der Waals surface area contributed by atoms with Crippen LogP contribution in [-0.2, 0) is 0 Å². The standard InChI is InChI=1S/C22H37N5O2.HI/c1-4-23-22(26-19-9-13-27(14-10-19)16-17(2)3)25-12-6-11-24-21(29)18-7-5-8-20(28)15-18;/h5,7-8,15,17,19,28H,4,6,9-14,16H2,1-3H3,(H,24,29)(H2,23,25,26);1H. The van der Waals surface area contributed by atoms with Crippen LogP contribution in [0.1, 0.15) is 50.4 Å². The van der Waals surface area contributed by atoms with Crippen molar-refractivity contribution in [2.45, 2.75) is 46.1 Å². The second-order valence-electron chi connectivity index (χ2n) is 8.03. The Morgan fingerprint density at radius 2 is 2.00 bits per heavy atom. The Morgan fingerprint density at radius 1 is 1.27 bits per heavy atom. The Balaban J connectivity index is 0.00000450. The van der Waals surface area contributed by atoms with E-state index in [-0.39, 0.29) is 35.6 Å². The molecule has 1 fully saturated rings. The molecule has 7 nitrogen and oxygen atoms in total. The SMILES string of the molecule is CCNC(=NCCCNC(=O)c1cccc(O)c1)NC1CCN(CC(C)C)CC1.I. The molecule has 8 heteroatoms. The first-order chi connectivity index (χ1) is 14.0. The molecule has 0 saturated carbocycles. The lowest BCUT2D eigenvalue weighted by Crippen LogP contribution is -2.49. The van der Waals surface area contributed by atoms with Crippen LogP contribution in [0.25, 0.3) is 0 Å². The van der Waals surface area contributed by atoms with Crippen LogP contribution in [0.2, 0.25) is 0 Å². The van der Waals surface area contributed by atoms with Gasteiger partial charge in [-0.2, -0.15) is 0 Å². The van der Waals surface area contributed by atoms with Gasteiger partial charge in [0.15, 0.2) is 5.96 Å². The van der Waals surface area contributed by atoms with Crippen molar-refractivity contribution in [1.29, 1.82) is 0 Å². The number of hydrogen-bond donors (Lipinski definition) is 4. The summed E-state index contributed by atoms with van der Waals surface area (Å²) < 4.78 is 0. The van der Waals surface area contributed by atoms with Gasteiger partial charge in [0.2, 0.25) is 0 Å². The van der Waals surface area contributed by atoms with Crippen molar-refractivity contribution in [3.05, 3.63) is 29.8 Å². The Morgan fingerprint density at radius 3 is 2.63 bits per heavy atom. The summed E-state index contributed by atoms with van der Waals surface area (Å²) >= 11 is 0. The van der Waals surface area contributed by atoms with E-state index >= 15 is 0 Å². The maximum absolute atomic E-state index is 12.1. The van der Waals surface area contributed by atoms with E-state index in [1.165, 1.54) is 12.6 Å². The number of amides is 1. The van der Waals surface area contributed by atoms with Crippen LogP contribution >= 0.6 is 24.0 Å². The molecule has 1 aromatic rings. The van der Waals surface area contributed by atoms with Crippen molar-refractivity contribution >= 4 is 35.8 Å². The molecule has 1 aliphatic heterocycles. The lowest BCUT2D eigenvalue weighted by molar-refractivity contribution is 0.0953. The van der Waals surface area contributed by atoms with Gasteiger partial charge in [0, 0.05) is 50.9 Å². The van der Waals surface area contributed by atoms with Gasteiger partial charge in [-0.1, -0.05) is 19.9 Å². The molecular formula is C22H38IN5O2. The maximum Gasteiger partial charge on any atom is 0.251 e. The first-order valence-electron chi connectivity index (χ1n) is 10.8. The Labute approximate surface area is 198 Å². The third-order valence-corrected chi connectivity index (χ3v) is 4.89. The van der Waals surface area contributed by atoms with E-state index in [0.29, 0.717) is 30.6 Å². The molecule has 1 aliphatic rings. The average Bonchev–Trinajstić information content (AvgIpc) is 2.68. The highest BCUT2D eigenvalue weighted by Crippen LogP contribution is 2.12. The number of phenols is 1. The van der Waals surface area contributed by atoms with Crippen LogP contribution in [0, 0.1) is 5.92 Å². The topological polar surface area (TPSA) is 89.0 Å². The predicted octanol–water partition coefficient (Wildman–Crippen LogP) is 2.81.